The van der Waals surface area contributed by atoms with Gasteiger partial charge < -0.3 is 14.4 Å². The van der Waals surface area contributed by atoms with Crippen molar-refractivity contribution in [1.29, 1.82) is 0 Å². The number of rotatable bonds is 3. The minimum atomic E-state index is -4.24. The first-order valence-corrected chi connectivity index (χ1v) is 11.4. The Balaban J connectivity index is 1.61. The number of nitrogens with zero attached hydrogens (tertiary/aromatic N) is 1. The molecule has 5 aromatic rings. The second-order valence-electron chi connectivity index (χ2n) is 7.15. The van der Waals surface area contributed by atoms with Gasteiger partial charge in [-0.3, -0.25) is 4.57 Å². The third kappa shape index (κ3) is 3.24. The topological polar surface area (TPSA) is 62.5 Å². The van der Waals surface area contributed by atoms with Gasteiger partial charge in [-0.25, -0.2) is 0 Å². The van der Waals surface area contributed by atoms with E-state index in [0.717, 1.165) is 33.2 Å². The van der Waals surface area contributed by atoms with Crippen LogP contribution in [0.1, 0.15) is 0 Å². The molecular weight excluding hydrogens is 417 g/mol. The highest BCUT2D eigenvalue weighted by Crippen LogP contribution is 2.35. The summed E-state index contributed by atoms with van der Waals surface area (Å²) in [5.74, 6) is 0. The fourth-order valence-corrected chi connectivity index (χ4v) is 4.58. The van der Waals surface area contributed by atoms with Crippen molar-refractivity contribution in [2.75, 3.05) is 0 Å². The van der Waals surface area contributed by atoms with Crippen LogP contribution in [-0.2, 0) is 4.57 Å². The third-order valence-corrected chi connectivity index (χ3v) is 6.50. The van der Waals surface area contributed by atoms with Gasteiger partial charge in [0.15, 0.2) is 0 Å². The van der Waals surface area contributed by atoms with Crippen LogP contribution in [-0.4, -0.2) is 14.4 Å². The zero-order valence-corrected chi connectivity index (χ0v) is 17.4. The summed E-state index contributed by atoms with van der Waals surface area (Å²) in [7, 11) is -4.24. The van der Waals surface area contributed by atoms with Crippen LogP contribution in [0.3, 0.4) is 0 Å². The Morgan fingerprint density at radius 1 is 0.700 bits per heavy atom. The molecule has 0 atom stereocenters. The van der Waals surface area contributed by atoms with E-state index in [2.05, 4.69) is 16.7 Å². The van der Waals surface area contributed by atoms with E-state index in [-0.39, 0.29) is 5.30 Å². The number of aromatic nitrogens is 1. The lowest BCUT2D eigenvalue weighted by atomic mass is 10.1. The van der Waals surface area contributed by atoms with Gasteiger partial charge in [0.25, 0.3) is 0 Å². The minimum absolute atomic E-state index is 0.0185. The quantitative estimate of drug-likeness (QED) is 0.348. The molecule has 0 saturated carbocycles. The number of benzene rings is 4. The summed E-state index contributed by atoms with van der Waals surface area (Å²) >= 11 is 6.29. The van der Waals surface area contributed by atoms with Crippen molar-refractivity contribution in [2.24, 2.45) is 0 Å². The van der Waals surface area contributed by atoms with Crippen molar-refractivity contribution in [3.8, 4) is 16.8 Å². The number of hydrogen-bond donors (Lipinski definition) is 2. The standard InChI is InChI=1S/C24H17ClNO3P/c25-18-9-14-22-21-3-1-2-4-23(21)26(24(22)15-18)19-10-5-16(6-11-19)17-7-12-20(13-8-17)30(27,28)29/h1-15H,(H2,27,28,29). The Morgan fingerprint density at radius 2 is 1.30 bits per heavy atom. The molecule has 4 aromatic carbocycles. The molecule has 1 aromatic heterocycles. The van der Waals surface area contributed by atoms with Gasteiger partial charge in [-0.1, -0.05) is 60.1 Å². The lowest BCUT2D eigenvalue weighted by Crippen LogP contribution is -2.02. The molecule has 0 unspecified atom stereocenters. The second kappa shape index (κ2) is 7.12. The Morgan fingerprint density at radius 3 is 1.97 bits per heavy atom. The number of halogens is 1. The van der Waals surface area contributed by atoms with Crippen molar-refractivity contribution in [1.82, 2.24) is 4.57 Å². The molecule has 0 bridgehead atoms. The summed E-state index contributed by atoms with van der Waals surface area (Å²) in [6, 6.07) is 28.7. The van der Waals surface area contributed by atoms with Crippen LogP contribution >= 0.6 is 19.2 Å². The largest absolute Gasteiger partial charge is 0.356 e. The van der Waals surface area contributed by atoms with Crippen LogP contribution in [0.15, 0.2) is 91.0 Å². The lowest BCUT2D eigenvalue weighted by molar-refractivity contribution is 0.387. The molecule has 2 N–H and O–H groups in total. The van der Waals surface area contributed by atoms with Crippen LogP contribution in [0, 0.1) is 0 Å². The normalized spacial score (nSPS) is 12.0. The fraction of sp³-hybridized carbons (Fsp3) is 0. The van der Waals surface area contributed by atoms with E-state index in [1.54, 1.807) is 12.1 Å². The van der Waals surface area contributed by atoms with Gasteiger partial charge in [0.1, 0.15) is 0 Å². The van der Waals surface area contributed by atoms with Gasteiger partial charge in [-0.2, -0.15) is 0 Å². The van der Waals surface area contributed by atoms with Crippen molar-refractivity contribution < 1.29 is 14.4 Å². The first-order valence-electron chi connectivity index (χ1n) is 9.37. The zero-order valence-electron chi connectivity index (χ0n) is 15.7. The number of fused-ring (bicyclic) bond motifs is 3. The van der Waals surface area contributed by atoms with Crippen LogP contribution in [0.5, 0.6) is 0 Å². The molecule has 5 rings (SSSR count). The summed E-state index contributed by atoms with van der Waals surface area (Å²) in [5, 5.41) is 3.02. The molecule has 0 amide bonds. The first-order chi connectivity index (χ1) is 14.4. The van der Waals surface area contributed by atoms with Gasteiger partial charge in [-0.15, -0.1) is 0 Å². The van der Waals surface area contributed by atoms with E-state index in [9.17, 15) is 14.4 Å². The van der Waals surface area contributed by atoms with Gasteiger partial charge in [0.05, 0.1) is 16.3 Å². The number of para-hydroxylation sites is 1. The molecule has 0 radical (unpaired) electrons. The molecule has 1 heterocycles. The van der Waals surface area contributed by atoms with Crippen LogP contribution in [0.2, 0.25) is 5.02 Å². The molecule has 0 aliphatic heterocycles. The highest BCUT2D eigenvalue weighted by atomic mass is 35.5. The Hall–Kier alpha value is -2.88. The third-order valence-electron chi connectivity index (χ3n) is 5.30. The highest BCUT2D eigenvalue weighted by Gasteiger charge is 2.16. The molecule has 0 saturated heterocycles. The van der Waals surface area contributed by atoms with E-state index in [0.29, 0.717) is 5.02 Å². The van der Waals surface area contributed by atoms with E-state index < -0.39 is 7.60 Å². The predicted octanol–water partition coefficient (Wildman–Crippen LogP) is 5.91. The van der Waals surface area contributed by atoms with Crippen molar-refractivity contribution in [2.45, 2.75) is 0 Å². The zero-order chi connectivity index (χ0) is 20.9. The molecule has 30 heavy (non-hydrogen) atoms. The molecule has 0 aliphatic carbocycles. The summed E-state index contributed by atoms with van der Waals surface area (Å²) < 4.78 is 13.6. The summed E-state index contributed by atoms with van der Waals surface area (Å²) in [5.41, 5.74) is 5.02. The van der Waals surface area contributed by atoms with Crippen molar-refractivity contribution in [3.63, 3.8) is 0 Å². The summed E-state index contributed by atoms with van der Waals surface area (Å²) in [6.07, 6.45) is 0. The molecule has 6 heteroatoms. The van der Waals surface area contributed by atoms with Crippen LogP contribution in [0.4, 0.5) is 0 Å². The second-order valence-corrected chi connectivity index (χ2v) is 9.19. The van der Waals surface area contributed by atoms with Crippen molar-refractivity contribution in [3.05, 3.63) is 96.0 Å². The maximum atomic E-state index is 11.4. The van der Waals surface area contributed by atoms with E-state index >= 15 is 0 Å². The Kier molecular flexibility index (Phi) is 4.53. The van der Waals surface area contributed by atoms with Gasteiger partial charge in [0, 0.05) is 21.5 Å². The first kappa shape index (κ1) is 19.1. The summed E-state index contributed by atoms with van der Waals surface area (Å²) in [4.78, 5) is 18.6. The molecule has 0 aliphatic rings. The van der Waals surface area contributed by atoms with Crippen LogP contribution in [0.25, 0.3) is 38.6 Å². The van der Waals surface area contributed by atoms with E-state index in [1.807, 2.05) is 54.6 Å². The van der Waals surface area contributed by atoms with Crippen LogP contribution < -0.4 is 5.30 Å². The van der Waals surface area contributed by atoms with Crippen molar-refractivity contribution >= 4 is 46.3 Å². The average Bonchev–Trinajstić information content (AvgIpc) is 3.07. The van der Waals surface area contributed by atoms with Gasteiger partial charge in [-0.05, 0) is 53.6 Å². The highest BCUT2D eigenvalue weighted by molar-refractivity contribution is 7.60. The maximum absolute atomic E-state index is 11.4. The molecular formula is C24H17ClNO3P. The van der Waals surface area contributed by atoms with E-state index in [4.69, 9.17) is 11.6 Å². The predicted molar refractivity (Wildman–Crippen MR) is 123 cm³/mol. The Labute approximate surface area is 178 Å². The summed E-state index contributed by atoms with van der Waals surface area (Å²) in [6.45, 7) is 0. The molecule has 0 fully saturated rings. The minimum Gasteiger partial charge on any atom is -0.321 e. The van der Waals surface area contributed by atoms with Gasteiger partial charge >= 0.3 is 7.60 Å². The number of hydrogen-bond acceptors (Lipinski definition) is 1. The monoisotopic (exact) mass is 433 g/mol. The SMILES string of the molecule is O=P(O)(O)c1ccc(-c2ccc(-n3c4ccccc4c4ccc(Cl)cc43)cc2)cc1. The molecule has 148 valence electrons. The van der Waals surface area contributed by atoms with E-state index in [1.165, 1.54) is 17.5 Å². The average molecular weight is 434 g/mol. The van der Waals surface area contributed by atoms with Gasteiger partial charge in [0.2, 0.25) is 0 Å². The molecule has 4 nitrogen and oxygen atoms in total. The maximum Gasteiger partial charge on any atom is 0.356 e. The fourth-order valence-electron chi connectivity index (χ4n) is 3.87. The lowest BCUT2D eigenvalue weighted by Gasteiger charge is -2.10. The smallest absolute Gasteiger partial charge is 0.321 e. The molecule has 0 spiro atoms. The Bertz CT molecular complexity index is 1430.